The first-order valence-electron chi connectivity index (χ1n) is 8.92. The molecule has 2 fully saturated rings. The van der Waals surface area contributed by atoms with Crippen LogP contribution in [0.2, 0.25) is 0 Å². The topological polar surface area (TPSA) is 101 Å². The van der Waals surface area contributed by atoms with Crippen LogP contribution in [0.15, 0.2) is 22.7 Å². The summed E-state index contributed by atoms with van der Waals surface area (Å²) in [7, 11) is 2.03. The molecule has 0 bridgehead atoms. The number of nitrogens with one attached hydrogen (secondary N) is 1. The number of anilines is 1. The zero-order valence-corrected chi connectivity index (χ0v) is 15.9. The van der Waals surface area contributed by atoms with Gasteiger partial charge in [-0.25, -0.2) is 0 Å². The number of rotatable bonds is 4. The predicted molar refractivity (Wildman–Crippen MR) is 103 cm³/mol. The average molecular weight is 395 g/mol. The molecule has 1 atom stereocenters. The highest BCUT2D eigenvalue weighted by molar-refractivity contribution is 5.85. The number of halogens is 1. The minimum atomic E-state index is -0.340. The van der Waals surface area contributed by atoms with E-state index in [2.05, 4.69) is 25.3 Å². The van der Waals surface area contributed by atoms with Crippen LogP contribution in [0.25, 0.3) is 11.5 Å². The fourth-order valence-corrected chi connectivity index (χ4v) is 3.61. The van der Waals surface area contributed by atoms with Crippen molar-refractivity contribution in [1.29, 1.82) is 0 Å². The number of hydrogen-bond acceptors (Lipinski definition) is 8. The molecular formula is C17H23ClN6O3. The second kappa shape index (κ2) is 8.20. The van der Waals surface area contributed by atoms with Gasteiger partial charge in [-0.1, -0.05) is 5.16 Å². The van der Waals surface area contributed by atoms with E-state index in [0.29, 0.717) is 23.0 Å². The van der Waals surface area contributed by atoms with E-state index in [1.54, 1.807) is 6.07 Å². The predicted octanol–water partition coefficient (Wildman–Crippen LogP) is 2.24. The molecule has 146 valence electrons. The van der Waals surface area contributed by atoms with Crippen molar-refractivity contribution in [3.63, 3.8) is 0 Å². The molecule has 9 nitrogen and oxygen atoms in total. The van der Waals surface area contributed by atoms with E-state index in [-0.39, 0.29) is 29.1 Å². The summed E-state index contributed by atoms with van der Waals surface area (Å²) in [6.07, 6.45) is 2.13. The number of nitro benzene ring substituents is 1. The molecule has 2 aliphatic rings. The molecule has 0 amide bonds. The van der Waals surface area contributed by atoms with E-state index < -0.39 is 0 Å². The number of hydrogen-bond donors (Lipinski definition) is 1. The Hall–Kier alpha value is -2.23. The molecule has 0 radical (unpaired) electrons. The first kappa shape index (κ1) is 19.5. The molecular weight excluding hydrogens is 372 g/mol. The molecule has 1 aromatic heterocycles. The lowest BCUT2D eigenvalue weighted by molar-refractivity contribution is -0.384. The molecule has 27 heavy (non-hydrogen) atoms. The quantitative estimate of drug-likeness (QED) is 0.622. The van der Waals surface area contributed by atoms with Gasteiger partial charge in [0.1, 0.15) is 5.69 Å². The average Bonchev–Trinajstić information content (AvgIpc) is 3.34. The number of nitro groups is 1. The number of benzene rings is 1. The van der Waals surface area contributed by atoms with Crippen molar-refractivity contribution in [3.8, 4) is 11.5 Å². The first-order chi connectivity index (χ1) is 12.6. The van der Waals surface area contributed by atoms with E-state index >= 15 is 0 Å². The van der Waals surface area contributed by atoms with Crippen LogP contribution in [0.3, 0.4) is 0 Å². The molecule has 4 rings (SSSR count). The zero-order chi connectivity index (χ0) is 18.1. The molecule has 0 saturated carbocycles. The van der Waals surface area contributed by atoms with Gasteiger partial charge in [-0.15, -0.1) is 12.4 Å². The maximum absolute atomic E-state index is 11.6. The summed E-state index contributed by atoms with van der Waals surface area (Å²) >= 11 is 0. The van der Waals surface area contributed by atoms with Crippen LogP contribution in [0.1, 0.15) is 24.7 Å². The lowest BCUT2D eigenvalue weighted by atomic mass is 10.1. The van der Waals surface area contributed by atoms with Crippen molar-refractivity contribution < 1.29 is 9.45 Å². The van der Waals surface area contributed by atoms with Crippen LogP contribution in [0.4, 0.5) is 11.4 Å². The van der Waals surface area contributed by atoms with Gasteiger partial charge >= 0.3 is 0 Å². The SMILES string of the molecule is CN1CCNCC1c1noc(-c2ccc(N3CCCC3)c([N+](=O)[O-])c2)n1.Cl. The van der Waals surface area contributed by atoms with Gasteiger partial charge in [-0.3, -0.25) is 15.0 Å². The van der Waals surface area contributed by atoms with Crippen LogP contribution >= 0.6 is 12.4 Å². The molecule has 2 saturated heterocycles. The molecule has 1 N–H and O–H groups in total. The number of piperazine rings is 1. The lowest BCUT2D eigenvalue weighted by Gasteiger charge is -2.30. The molecule has 2 aromatic rings. The third kappa shape index (κ3) is 3.90. The van der Waals surface area contributed by atoms with E-state index in [9.17, 15) is 10.1 Å². The Morgan fingerprint density at radius 3 is 2.78 bits per heavy atom. The van der Waals surface area contributed by atoms with Crippen molar-refractivity contribution in [2.45, 2.75) is 18.9 Å². The maximum Gasteiger partial charge on any atom is 0.293 e. The molecule has 0 spiro atoms. The van der Waals surface area contributed by atoms with E-state index in [4.69, 9.17) is 4.52 Å². The molecule has 1 aromatic carbocycles. The summed E-state index contributed by atoms with van der Waals surface area (Å²) < 4.78 is 5.40. The third-order valence-electron chi connectivity index (χ3n) is 5.12. The molecule has 3 heterocycles. The van der Waals surface area contributed by atoms with E-state index in [1.165, 1.54) is 6.07 Å². The highest BCUT2D eigenvalue weighted by Crippen LogP contribution is 2.34. The van der Waals surface area contributed by atoms with Crippen LogP contribution < -0.4 is 10.2 Å². The Bertz CT molecular complexity index is 808. The Labute approximate surface area is 163 Å². The number of aromatic nitrogens is 2. The highest BCUT2D eigenvalue weighted by atomic mass is 35.5. The smallest absolute Gasteiger partial charge is 0.293 e. The van der Waals surface area contributed by atoms with E-state index in [0.717, 1.165) is 45.6 Å². The number of nitrogens with zero attached hydrogens (tertiary/aromatic N) is 5. The fourth-order valence-electron chi connectivity index (χ4n) is 3.61. The van der Waals surface area contributed by atoms with Gasteiger partial charge in [-0.05, 0) is 32.0 Å². The first-order valence-corrected chi connectivity index (χ1v) is 8.92. The minimum absolute atomic E-state index is 0. The molecule has 10 heteroatoms. The van der Waals surface area contributed by atoms with Crippen LogP contribution in [0, 0.1) is 10.1 Å². The highest BCUT2D eigenvalue weighted by Gasteiger charge is 2.27. The van der Waals surface area contributed by atoms with Gasteiger partial charge in [0.25, 0.3) is 11.6 Å². The largest absolute Gasteiger partial charge is 0.366 e. The second-order valence-corrected chi connectivity index (χ2v) is 6.81. The van der Waals surface area contributed by atoms with Crippen molar-refractivity contribution in [2.75, 3.05) is 44.7 Å². The standard InChI is InChI=1S/C17H22N6O3.ClH/c1-21-9-6-18-11-15(21)16-19-17(26-20-16)12-4-5-13(14(10-12)23(24)25)22-7-2-3-8-22;/h4-5,10,15,18H,2-3,6-9,11H2,1H3;1H. The van der Waals surface area contributed by atoms with Crippen LogP contribution in [-0.4, -0.2) is 59.7 Å². The van der Waals surface area contributed by atoms with Gasteiger partial charge < -0.3 is 14.7 Å². The van der Waals surface area contributed by atoms with Gasteiger partial charge in [0.15, 0.2) is 5.82 Å². The Kier molecular flexibility index (Phi) is 5.93. The fraction of sp³-hybridized carbons (Fsp3) is 0.529. The third-order valence-corrected chi connectivity index (χ3v) is 5.12. The summed E-state index contributed by atoms with van der Waals surface area (Å²) in [6.45, 7) is 4.30. The Morgan fingerprint density at radius 2 is 2.07 bits per heavy atom. The lowest BCUT2D eigenvalue weighted by Crippen LogP contribution is -2.44. The monoisotopic (exact) mass is 394 g/mol. The van der Waals surface area contributed by atoms with Crippen LogP contribution in [0.5, 0.6) is 0 Å². The molecule has 2 aliphatic heterocycles. The van der Waals surface area contributed by atoms with Gasteiger partial charge in [0, 0.05) is 44.4 Å². The summed E-state index contributed by atoms with van der Waals surface area (Å²) in [5.41, 5.74) is 1.32. The van der Waals surface area contributed by atoms with Crippen molar-refractivity contribution in [2.24, 2.45) is 0 Å². The van der Waals surface area contributed by atoms with Gasteiger partial charge in [0.2, 0.25) is 0 Å². The summed E-state index contributed by atoms with van der Waals surface area (Å²) in [5, 5.41) is 19.0. The Morgan fingerprint density at radius 1 is 1.30 bits per heavy atom. The molecule has 0 aliphatic carbocycles. The van der Waals surface area contributed by atoms with Crippen molar-refractivity contribution in [1.82, 2.24) is 20.4 Å². The van der Waals surface area contributed by atoms with Crippen molar-refractivity contribution in [3.05, 3.63) is 34.1 Å². The second-order valence-electron chi connectivity index (χ2n) is 6.81. The Balaban J connectivity index is 0.00000210. The van der Waals surface area contributed by atoms with E-state index in [1.807, 2.05) is 13.1 Å². The summed E-state index contributed by atoms with van der Waals surface area (Å²) in [5.74, 6) is 0.913. The molecule has 1 unspecified atom stereocenters. The summed E-state index contributed by atoms with van der Waals surface area (Å²) in [6, 6.07) is 5.19. The minimum Gasteiger partial charge on any atom is -0.366 e. The van der Waals surface area contributed by atoms with Crippen LogP contribution in [-0.2, 0) is 0 Å². The van der Waals surface area contributed by atoms with Gasteiger partial charge in [0.05, 0.1) is 11.0 Å². The van der Waals surface area contributed by atoms with Crippen molar-refractivity contribution >= 4 is 23.8 Å². The van der Waals surface area contributed by atoms with Gasteiger partial charge in [-0.2, -0.15) is 4.98 Å². The zero-order valence-electron chi connectivity index (χ0n) is 15.1. The normalized spacial score (nSPS) is 20.5. The number of likely N-dealkylation sites (N-methyl/N-ethyl adjacent to an activating group) is 1. The maximum atomic E-state index is 11.6. The summed E-state index contributed by atoms with van der Waals surface area (Å²) in [4.78, 5) is 19.9.